The van der Waals surface area contributed by atoms with Crippen molar-refractivity contribution in [1.82, 2.24) is 5.48 Å². The Morgan fingerprint density at radius 2 is 1.46 bits per heavy atom. The zero-order valence-electron chi connectivity index (χ0n) is 14.7. The highest BCUT2D eigenvalue weighted by Crippen LogP contribution is 2.13. The number of hydroxylamine groups is 1. The van der Waals surface area contributed by atoms with E-state index in [0.29, 0.717) is 24.9 Å². The molecule has 2 aromatic rings. The van der Waals surface area contributed by atoms with Crippen LogP contribution in [0, 0.1) is 0 Å². The van der Waals surface area contributed by atoms with Crippen LogP contribution in [0.2, 0.25) is 0 Å². The first kappa shape index (κ1) is 19.6. The second-order valence-corrected chi connectivity index (χ2v) is 6.13. The van der Waals surface area contributed by atoms with E-state index >= 15 is 0 Å². The van der Waals surface area contributed by atoms with Gasteiger partial charge in [0.2, 0.25) is 5.91 Å². The Morgan fingerprint density at radius 1 is 0.885 bits per heavy atom. The normalized spacial score (nSPS) is 10.4. The van der Waals surface area contributed by atoms with Crippen LogP contribution in [0.3, 0.4) is 0 Å². The van der Waals surface area contributed by atoms with E-state index in [1.807, 2.05) is 36.4 Å². The number of nitrogens with two attached hydrogens (primary N) is 1. The highest BCUT2D eigenvalue weighted by atomic mass is 16.5. The molecule has 0 aromatic heterocycles. The summed E-state index contributed by atoms with van der Waals surface area (Å²) in [6, 6.07) is 14.8. The van der Waals surface area contributed by atoms with Gasteiger partial charge < -0.3 is 11.1 Å². The van der Waals surface area contributed by atoms with Gasteiger partial charge in [0.1, 0.15) is 0 Å². The maximum atomic E-state index is 12.0. The van der Waals surface area contributed by atoms with Gasteiger partial charge in [0.25, 0.3) is 5.91 Å². The molecule has 2 amide bonds. The molecular formula is C20H25N3O3. The molecule has 6 nitrogen and oxygen atoms in total. The molecule has 0 aliphatic carbocycles. The number of rotatable bonds is 9. The topological polar surface area (TPSA) is 104 Å². The third kappa shape index (κ3) is 6.31. The van der Waals surface area contributed by atoms with Crippen molar-refractivity contribution in [3.63, 3.8) is 0 Å². The predicted octanol–water partition coefficient (Wildman–Crippen LogP) is 2.66. The summed E-state index contributed by atoms with van der Waals surface area (Å²) in [5.41, 5.74) is 10.5. The molecule has 0 aliphatic heterocycles. The van der Waals surface area contributed by atoms with Crippen molar-refractivity contribution in [3.8, 4) is 0 Å². The lowest BCUT2D eigenvalue weighted by molar-refractivity contribution is -0.116. The predicted molar refractivity (Wildman–Crippen MR) is 101 cm³/mol. The quantitative estimate of drug-likeness (QED) is 0.410. The van der Waals surface area contributed by atoms with Crippen LogP contribution >= 0.6 is 0 Å². The largest absolute Gasteiger partial charge is 0.330 e. The summed E-state index contributed by atoms with van der Waals surface area (Å²) in [6.07, 6.45) is 3.78. The molecule has 0 bridgehead atoms. The molecule has 138 valence electrons. The summed E-state index contributed by atoms with van der Waals surface area (Å²) < 4.78 is 0. The lowest BCUT2D eigenvalue weighted by atomic mass is 10.1. The average molecular weight is 355 g/mol. The number of amides is 2. The van der Waals surface area contributed by atoms with Crippen LogP contribution in [0.4, 0.5) is 5.69 Å². The molecule has 2 rings (SSSR count). The van der Waals surface area contributed by atoms with Crippen LogP contribution < -0.4 is 16.5 Å². The molecule has 5 N–H and O–H groups in total. The second kappa shape index (κ2) is 10.3. The number of carbonyl (C=O) groups excluding carboxylic acids is 2. The summed E-state index contributed by atoms with van der Waals surface area (Å²) in [5, 5.41) is 11.5. The van der Waals surface area contributed by atoms with E-state index in [0.717, 1.165) is 30.5 Å². The van der Waals surface area contributed by atoms with Gasteiger partial charge in [0.15, 0.2) is 0 Å². The van der Waals surface area contributed by atoms with Gasteiger partial charge in [0.05, 0.1) is 0 Å². The molecule has 0 heterocycles. The Kier molecular flexibility index (Phi) is 7.79. The van der Waals surface area contributed by atoms with Crippen molar-refractivity contribution < 1.29 is 14.8 Å². The first-order valence-electron chi connectivity index (χ1n) is 8.74. The molecule has 6 heteroatoms. The van der Waals surface area contributed by atoms with Gasteiger partial charge in [-0.15, -0.1) is 0 Å². The first-order chi connectivity index (χ1) is 12.6. The van der Waals surface area contributed by atoms with E-state index in [4.69, 9.17) is 10.9 Å². The van der Waals surface area contributed by atoms with E-state index in [1.165, 1.54) is 5.56 Å². The molecule has 0 saturated carbocycles. The highest BCUT2D eigenvalue weighted by Gasteiger charge is 2.05. The van der Waals surface area contributed by atoms with Gasteiger partial charge in [-0.3, -0.25) is 14.8 Å². The van der Waals surface area contributed by atoms with Crippen molar-refractivity contribution in [1.29, 1.82) is 0 Å². The number of nitrogens with one attached hydrogen (secondary N) is 2. The summed E-state index contributed by atoms with van der Waals surface area (Å²) in [5.74, 6) is -0.555. The van der Waals surface area contributed by atoms with Crippen LogP contribution in [0.5, 0.6) is 0 Å². The van der Waals surface area contributed by atoms with Gasteiger partial charge in [-0.25, -0.2) is 5.48 Å². The summed E-state index contributed by atoms with van der Waals surface area (Å²) in [7, 11) is 0. The van der Waals surface area contributed by atoms with E-state index in [-0.39, 0.29) is 5.91 Å². The number of anilines is 1. The Balaban J connectivity index is 1.74. The summed E-state index contributed by atoms with van der Waals surface area (Å²) in [6.45, 7) is 0.676. The van der Waals surface area contributed by atoms with E-state index in [2.05, 4.69) is 5.32 Å². The minimum absolute atomic E-state index is 0.0176. The summed E-state index contributed by atoms with van der Waals surface area (Å²) >= 11 is 0. The monoisotopic (exact) mass is 355 g/mol. The van der Waals surface area contributed by atoms with Crippen LogP contribution in [0.15, 0.2) is 48.5 Å². The molecule has 0 radical (unpaired) electrons. The highest BCUT2D eigenvalue weighted by molar-refractivity contribution is 5.93. The summed E-state index contributed by atoms with van der Waals surface area (Å²) in [4.78, 5) is 23.3. The molecular weight excluding hydrogens is 330 g/mol. The fourth-order valence-corrected chi connectivity index (χ4v) is 2.62. The molecule has 0 saturated heterocycles. The molecule has 0 spiro atoms. The Labute approximate surface area is 153 Å². The number of hydrogen-bond donors (Lipinski definition) is 4. The molecule has 0 unspecified atom stereocenters. The van der Waals surface area contributed by atoms with E-state index in [9.17, 15) is 9.59 Å². The molecule has 2 aromatic carbocycles. The van der Waals surface area contributed by atoms with Crippen molar-refractivity contribution in [2.45, 2.75) is 32.1 Å². The van der Waals surface area contributed by atoms with Crippen molar-refractivity contribution in [3.05, 3.63) is 65.2 Å². The lowest BCUT2D eigenvalue weighted by Gasteiger charge is -2.07. The smallest absolute Gasteiger partial charge is 0.274 e. The third-order valence-electron chi connectivity index (χ3n) is 4.09. The first-order valence-corrected chi connectivity index (χ1v) is 8.74. The number of carbonyl (C=O) groups is 2. The van der Waals surface area contributed by atoms with Crippen LogP contribution in [0.25, 0.3) is 0 Å². The SMILES string of the molecule is NCCCc1ccc(NC(=O)CCCc2ccc(C(=O)NO)cc2)cc1. The lowest BCUT2D eigenvalue weighted by Crippen LogP contribution is -2.18. The zero-order chi connectivity index (χ0) is 18.8. The maximum absolute atomic E-state index is 12.0. The Bertz CT molecular complexity index is 712. The average Bonchev–Trinajstić information content (AvgIpc) is 2.67. The van der Waals surface area contributed by atoms with Gasteiger partial charge >= 0.3 is 0 Å². The van der Waals surface area contributed by atoms with Crippen molar-refractivity contribution >= 4 is 17.5 Å². The van der Waals surface area contributed by atoms with Gasteiger partial charge in [-0.1, -0.05) is 24.3 Å². The van der Waals surface area contributed by atoms with Crippen molar-refractivity contribution in [2.75, 3.05) is 11.9 Å². The Morgan fingerprint density at radius 3 is 2.04 bits per heavy atom. The van der Waals surface area contributed by atoms with E-state index < -0.39 is 5.91 Å². The van der Waals surface area contributed by atoms with Gasteiger partial charge in [-0.05, 0) is 67.6 Å². The fourth-order valence-electron chi connectivity index (χ4n) is 2.62. The minimum Gasteiger partial charge on any atom is -0.330 e. The van der Waals surface area contributed by atoms with Gasteiger partial charge in [-0.2, -0.15) is 0 Å². The molecule has 0 atom stereocenters. The fraction of sp³-hybridized carbons (Fsp3) is 0.300. The maximum Gasteiger partial charge on any atom is 0.274 e. The van der Waals surface area contributed by atoms with Crippen LogP contribution in [-0.2, 0) is 17.6 Å². The standard InChI is InChI=1S/C20H25N3O3/c21-14-2-4-16-8-12-18(13-9-16)22-19(24)5-1-3-15-6-10-17(11-7-15)20(25)23-26/h6-13,26H,1-5,14,21H2,(H,22,24)(H,23,25). The van der Waals surface area contributed by atoms with Crippen LogP contribution in [-0.4, -0.2) is 23.6 Å². The van der Waals surface area contributed by atoms with Crippen molar-refractivity contribution in [2.24, 2.45) is 5.73 Å². The molecule has 26 heavy (non-hydrogen) atoms. The molecule has 0 fully saturated rings. The molecule has 0 aliphatic rings. The second-order valence-electron chi connectivity index (χ2n) is 6.13. The van der Waals surface area contributed by atoms with E-state index in [1.54, 1.807) is 17.6 Å². The third-order valence-corrected chi connectivity index (χ3v) is 4.09. The van der Waals surface area contributed by atoms with Crippen LogP contribution in [0.1, 0.15) is 40.7 Å². The number of hydrogen-bond acceptors (Lipinski definition) is 4. The minimum atomic E-state index is -0.537. The number of aryl methyl sites for hydroxylation is 2. The Hall–Kier alpha value is -2.70. The zero-order valence-corrected chi connectivity index (χ0v) is 14.7. The number of benzene rings is 2. The van der Waals surface area contributed by atoms with Gasteiger partial charge in [0, 0.05) is 17.7 Å².